The van der Waals surface area contributed by atoms with Gasteiger partial charge in [0.25, 0.3) is 0 Å². The van der Waals surface area contributed by atoms with Gasteiger partial charge in [-0.15, -0.1) is 6.42 Å². The van der Waals surface area contributed by atoms with Crippen LogP contribution >= 0.6 is 0 Å². The normalized spacial score (nSPS) is 14.3. The van der Waals surface area contributed by atoms with Gasteiger partial charge in [0.05, 0.1) is 12.0 Å². The molecule has 2 rings (SSSR count). The molecule has 1 aliphatic rings. The molecule has 22 heavy (non-hydrogen) atoms. The molecule has 0 bridgehead atoms. The standard InChI is InChI=1S/C18H19FN2O/c1-4-18(2,3)21-11-9-15(10-12-21)20-17(22)13-14-7-5-6-8-16(14)19/h1,5-11H,12-13H2,2-3H3,(H,20,22). The molecular weight excluding hydrogens is 279 g/mol. The van der Waals surface area contributed by atoms with Gasteiger partial charge >= 0.3 is 0 Å². The van der Waals surface area contributed by atoms with Crippen LogP contribution in [-0.2, 0) is 11.2 Å². The smallest absolute Gasteiger partial charge is 0.228 e. The van der Waals surface area contributed by atoms with E-state index in [0.717, 1.165) is 0 Å². The summed E-state index contributed by atoms with van der Waals surface area (Å²) in [7, 11) is 0. The van der Waals surface area contributed by atoms with E-state index in [2.05, 4.69) is 11.2 Å². The molecule has 1 N–H and O–H groups in total. The van der Waals surface area contributed by atoms with Crippen LogP contribution in [0.25, 0.3) is 0 Å². The van der Waals surface area contributed by atoms with E-state index >= 15 is 0 Å². The molecular formula is C18H19FN2O. The van der Waals surface area contributed by atoms with Gasteiger partial charge in [0.2, 0.25) is 5.91 Å². The number of terminal acetylenes is 1. The van der Waals surface area contributed by atoms with Gasteiger partial charge in [-0.3, -0.25) is 4.79 Å². The molecule has 0 aliphatic carbocycles. The van der Waals surface area contributed by atoms with E-state index in [-0.39, 0.29) is 23.7 Å². The van der Waals surface area contributed by atoms with E-state index in [0.29, 0.717) is 17.8 Å². The second-order valence-corrected chi connectivity index (χ2v) is 5.65. The van der Waals surface area contributed by atoms with Gasteiger partial charge in [-0.1, -0.05) is 24.1 Å². The zero-order chi connectivity index (χ0) is 16.2. The van der Waals surface area contributed by atoms with Crippen LogP contribution in [0, 0.1) is 18.2 Å². The first kappa shape index (κ1) is 15.8. The Morgan fingerprint density at radius 3 is 2.77 bits per heavy atom. The van der Waals surface area contributed by atoms with Crippen LogP contribution in [0.4, 0.5) is 4.39 Å². The molecule has 0 saturated carbocycles. The number of nitrogens with zero attached hydrogens (tertiary/aromatic N) is 1. The summed E-state index contributed by atoms with van der Waals surface area (Å²) in [5, 5.41) is 2.77. The Bertz CT molecular complexity index is 668. The number of hydrogen-bond acceptors (Lipinski definition) is 2. The van der Waals surface area contributed by atoms with Gasteiger partial charge in [0.1, 0.15) is 5.82 Å². The number of nitrogens with one attached hydrogen (secondary N) is 1. The van der Waals surface area contributed by atoms with Crippen LogP contribution in [0.3, 0.4) is 0 Å². The number of halogens is 1. The van der Waals surface area contributed by atoms with Gasteiger partial charge in [-0.25, -0.2) is 4.39 Å². The first-order valence-electron chi connectivity index (χ1n) is 7.08. The Hall–Kier alpha value is -2.54. The molecule has 0 spiro atoms. The number of carbonyl (C=O) groups excluding carboxylic acids is 1. The lowest BCUT2D eigenvalue weighted by Crippen LogP contribution is -2.40. The number of allylic oxidation sites excluding steroid dienone is 1. The van der Waals surface area contributed by atoms with Gasteiger partial charge < -0.3 is 10.2 Å². The summed E-state index contributed by atoms with van der Waals surface area (Å²) >= 11 is 0. The molecule has 4 heteroatoms. The Labute approximate surface area is 130 Å². The molecule has 0 aromatic heterocycles. The summed E-state index contributed by atoms with van der Waals surface area (Å²) in [6.07, 6.45) is 11.1. The molecule has 0 unspecified atom stereocenters. The fourth-order valence-electron chi connectivity index (χ4n) is 2.11. The fraction of sp³-hybridized carbons (Fsp3) is 0.278. The highest BCUT2D eigenvalue weighted by atomic mass is 19.1. The third-order valence-electron chi connectivity index (χ3n) is 3.61. The summed E-state index contributed by atoms with van der Waals surface area (Å²) in [5.41, 5.74) is 0.705. The predicted octanol–water partition coefficient (Wildman–Crippen LogP) is 2.61. The Balaban J connectivity index is 1.94. The number of benzene rings is 1. The van der Waals surface area contributed by atoms with Gasteiger partial charge in [0, 0.05) is 18.4 Å². The quantitative estimate of drug-likeness (QED) is 0.867. The van der Waals surface area contributed by atoms with Crippen molar-refractivity contribution in [1.29, 1.82) is 0 Å². The van der Waals surface area contributed by atoms with Crippen molar-refractivity contribution in [3.8, 4) is 12.3 Å². The molecule has 3 nitrogen and oxygen atoms in total. The van der Waals surface area contributed by atoms with Crippen LogP contribution in [0.5, 0.6) is 0 Å². The van der Waals surface area contributed by atoms with Crippen molar-refractivity contribution in [2.24, 2.45) is 0 Å². The van der Waals surface area contributed by atoms with Crippen molar-refractivity contribution in [2.45, 2.75) is 25.8 Å². The Morgan fingerprint density at radius 2 is 2.18 bits per heavy atom. The van der Waals surface area contributed by atoms with Gasteiger partial charge in [-0.05, 0) is 37.6 Å². The highest BCUT2D eigenvalue weighted by molar-refractivity contribution is 5.80. The molecule has 1 heterocycles. The maximum absolute atomic E-state index is 13.5. The number of rotatable bonds is 4. The molecule has 1 amide bonds. The summed E-state index contributed by atoms with van der Waals surface area (Å²) in [4.78, 5) is 14.0. The number of amides is 1. The zero-order valence-corrected chi connectivity index (χ0v) is 12.8. The van der Waals surface area contributed by atoms with Crippen LogP contribution in [0.15, 0.2) is 48.3 Å². The monoisotopic (exact) mass is 298 g/mol. The van der Waals surface area contributed by atoms with E-state index < -0.39 is 0 Å². The first-order chi connectivity index (χ1) is 10.4. The average Bonchev–Trinajstić information content (AvgIpc) is 2.50. The predicted molar refractivity (Wildman–Crippen MR) is 85.1 cm³/mol. The molecule has 0 saturated heterocycles. The van der Waals surface area contributed by atoms with E-state index in [4.69, 9.17) is 6.42 Å². The summed E-state index contributed by atoms with van der Waals surface area (Å²) in [5.74, 6) is 2.11. The largest absolute Gasteiger partial charge is 0.358 e. The molecule has 1 aromatic carbocycles. The SMILES string of the molecule is C#CC(C)(C)N1C=CC(NC(=O)Cc2ccccc2F)=CC1. The second kappa shape index (κ2) is 6.48. The molecule has 0 atom stereocenters. The maximum Gasteiger partial charge on any atom is 0.228 e. The van der Waals surface area contributed by atoms with Crippen molar-refractivity contribution >= 4 is 5.91 Å². The molecule has 0 radical (unpaired) electrons. The van der Waals surface area contributed by atoms with Gasteiger partial charge in [0.15, 0.2) is 0 Å². The minimum absolute atomic E-state index is 0.0113. The fourth-order valence-corrected chi connectivity index (χ4v) is 2.11. The highest BCUT2D eigenvalue weighted by Gasteiger charge is 2.22. The number of hydrogen-bond donors (Lipinski definition) is 1. The second-order valence-electron chi connectivity index (χ2n) is 5.65. The third kappa shape index (κ3) is 3.76. The lowest BCUT2D eigenvalue weighted by Gasteiger charge is -2.34. The summed E-state index contributed by atoms with van der Waals surface area (Å²) in [6, 6.07) is 6.27. The lowest BCUT2D eigenvalue weighted by atomic mass is 10.0. The summed E-state index contributed by atoms with van der Waals surface area (Å²) in [6.45, 7) is 4.52. The maximum atomic E-state index is 13.5. The lowest BCUT2D eigenvalue weighted by molar-refractivity contribution is -0.119. The molecule has 1 aromatic rings. The van der Waals surface area contributed by atoms with Crippen LogP contribution in [-0.4, -0.2) is 22.9 Å². The van der Waals surface area contributed by atoms with Crippen molar-refractivity contribution in [1.82, 2.24) is 10.2 Å². The van der Waals surface area contributed by atoms with E-state index in [1.807, 2.05) is 31.0 Å². The Morgan fingerprint density at radius 1 is 1.45 bits per heavy atom. The number of carbonyl (C=O) groups is 1. The molecule has 114 valence electrons. The van der Waals surface area contributed by atoms with E-state index in [1.54, 1.807) is 24.3 Å². The summed E-state index contributed by atoms with van der Waals surface area (Å²) < 4.78 is 13.5. The topological polar surface area (TPSA) is 32.3 Å². The van der Waals surface area contributed by atoms with Crippen LogP contribution in [0.2, 0.25) is 0 Å². The highest BCUT2D eigenvalue weighted by Crippen LogP contribution is 2.17. The molecule has 1 aliphatic heterocycles. The minimum atomic E-state index is -0.379. The zero-order valence-electron chi connectivity index (χ0n) is 12.8. The van der Waals surface area contributed by atoms with Crippen molar-refractivity contribution in [2.75, 3.05) is 6.54 Å². The van der Waals surface area contributed by atoms with Crippen LogP contribution in [0.1, 0.15) is 19.4 Å². The third-order valence-corrected chi connectivity index (χ3v) is 3.61. The van der Waals surface area contributed by atoms with E-state index in [9.17, 15) is 9.18 Å². The van der Waals surface area contributed by atoms with Crippen molar-refractivity contribution in [3.05, 3.63) is 59.7 Å². The first-order valence-corrected chi connectivity index (χ1v) is 7.08. The van der Waals surface area contributed by atoms with Crippen molar-refractivity contribution in [3.63, 3.8) is 0 Å². The van der Waals surface area contributed by atoms with Crippen LogP contribution < -0.4 is 5.32 Å². The van der Waals surface area contributed by atoms with E-state index in [1.165, 1.54) is 6.07 Å². The van der Waals surface area contributed by atoms with Crippen molar-refractivity contribution < 1.29 is 9.18 Å². The minimum Gasteiger partial charge on any atom is -0.358 e. The Kier molecular flexibility index (Phi) is 4.67. The molecule has 0 fully saturated rings. The average molecular weight is 298 g/mol. The van der Waals surface area contributed by atoms with Gasteiger partial charge in [-0.2, -0.15) is 0 Å².